The standard InChI is InChI=1S/C24H21ClN2O7S/c1-14-12-16(23(28)26-17-8-6-15(7-9-17)24(29)30)13-19-21(14)34-11-10-27(19)35(31,32)20-5-3-4-18(25)22(20)33-2/h3-9,12-13H,10-11H2,1-2H3,(H,26,28)(H,29,30). The summed E-state index contributed by atoms with van der Waals surface area (Å²) >= 11 is 6.15. The first-order chi connectivity index (χ1) is 16.6. The van der Waals surface area contributed by atoms with Crippen molar-refractivity contribution in [3.05, 3.63) is 76.3 Å². The maximum Gasteiger partial charge on any atom is 0.335 e. The van der Waals surface area contributed by atoms with E-state index in [1.807, 2.05) is 0 Å². The molecule has 1 aliphatic rings. The normalized spacial score (nSPS) is 12.9. The van der Waals surface area contributed by atoms with Crippen molar-refractivity contribution in [2.24, 2.45) is 0 Å². The number of fused-ring (bicyclic) bond motifs is 1. The van der Waals surface area contributed by atoms with Crippen molar-refractivity contribution in [3.63, 3.8) is 0 Å². The number of anilines is 2. The van der Waals surface area contributed by atoms with Crippen molar-refractivity contribution >= 4 is 44.9 Å². The highest BCUT2D eigenvalue weighted by atomic mass is 35.5. The molecule has 0 atom stereocenters. The lowest BCUT2D eigenvalue weighted by atomic mass is 10.1. The largest absolute Gasteiger partial charge is 0.494 e. The number of aromatic carboxylic acids is 1. The molecule has 3 aromatic rings. The predicted octanol–water partition coefficient (Wildman–Crippen LogP) is 4.20. The molecule has 35 heavy (non-hydrogen) atoms. The fourth-order valence-electron chi connectivity index (χ4n) is 3.77. The molecule has 0 bridgehead atoms. The zero-order chi connectivity index (χ0) is 25.3. The second-order valence-electron chi connectivity index (χ2n) is 7.67. The van der Waals surface area contributed by atoms with Gasteiger partial charge in [0.2, 0.25) is 0 Å². The van der Waals surface area contributed by atoms with E-state index in [-0.39, 0.29) is 45.6 Å². The third-order valence-corrected chi connectivity index (χ3v) is 7.55. The van der Waals surface area contributed by atoms with Gasteiger partial charge in [-0.3, -0.25) is 9.10 Å². The summed E-state index contributed by atoms with van der Waals surface area (Å²) in [5.41, 5.74) is 1.46. The van der Waals surface area contributed by atoms with Crippen LogP contribution in [0.5, 0.6) is 11.5 Å². The van der Waals surface area contributed by atoms with Gasteiger partial charge in [0.05, 0.1) is 29.9 Å². The van der Waals surface area contributed by atoms with E-state index in [0.29, 0.717) is 17.0 Å². The molecule has 0 fully saturated rings. The second kappa shape index (κ2) is 9.47. The van der Waals surface area contributed by atoms with Gasteiger partial charge >= 0.3 is 5.97 Å². The highest BCUT2D eigenvalue weighted by Gasteiger charge is 2.34. The molecule has 0 radical (unpaired) electrons. The van der Waals surface area contributed by atoms with E-state index in [4.69, 9.17) is 26.2 Å². The van der Waals surface area contributed by atoms with E-state index in [0.717, 1.165) is 0 Å². The average Bonchev–Trinajstić information content (AvgIpc) is 2.83. The number of sulfonamides is 1. The minimum Gasteiger partial charge on any atom is -0.494 e. The quantitative estimate of drug-likeness (QED) is 0.503. The Morgan fingerprint density at radius 3 is 2.49 bits per heavy atom. The molecule has 0 unspecified atom stereocenters. The number of halogens is 1. The van der Waals surface area contributed by atoms with E-state index >= 15 is 0 Å². The van der Waals surface area contributed by atoms with Crippen molar-refractivity contribution in [2.75, 3.05) is 29.9 Å². The fraction of sp³-hybridized carbons (Fsp3) is 0.167. The lowest BCUT2D eigenvalue weighted by molar-refractivity contribution is 0.0696. The monoisotopic (exact) mass is 516 g/mol. The van der Waals surface area contributed by atoms with Gasteiger partial charge in [0, 0.05) is 11.3 Å². The molecule has 11 heteroatoms. The average molecular weight is 517 g/mol. The summed E-state index contributed by atoms with van der Waals surface area (Å²) in [5, 5.41) is 11.9. The SMILES string of the molecule is COc1c(Cl)cccc1S(=O)(=O)N1CCOc2c(C)cc(C(=O)Nc3ccc(C(=O)O)cc3)cc21. The lowest BCUT2D eigenvalue weighted by Crippen LogP contribution is -2.38. The number of carboxylic acids is 1. The molecule has 9 nitrogen and oxygen atoms in total. The molecular weight excluding hydrogens is 496 g/mol. The van der Waals surface area contributed by atoms with Crippen LogP contribution in [0.1, 0.15) is 26.3 Å². The molecule has 0 aliphatic carbocycles. The number of nitrogens with zero attached hydrogens (tertiary/aromatic N) is 1. The molecule has 1 heterocycles. The van der Waals surface area contributed by atoms with Crippen LogP contribution in [0, 0.1) is 6.92 Å². The maximum atomic E-state index is 13.6. The summed E-state index contributed by atoms with van der Waals surface area (Å²) < 4.78 is 39.4. The number of ether oxygens (including phenoxy) is 2. The first-order valence-corrected chi connectivity index (χ1v) is 12.2. The summed E-state index contributed by atoms with van der Waals surface area (Å²) in [6, 6.07) is 13.2. The Hall–Kier alpha value is -3.76. The zero-order valence-corrected chi connectivity index (χ0v) is 20.3. The third-order valence-electron chi connectivity index (χ3n) is 5.42. The Bertz CT molecular complexity index is 1420. The molecule has 0 aromatic heterocycles. The Morgan fingerprint density at radius 1 is 1.11 bits per heavy atom. The van der Waals surface area contributed by atoms with Gasteiger partial charge in [0.25, 0.3) is 15.9 Å². The number of amides is 1. The molecule has 2 N–H and O–H groups in total. The number of aryl methyl sites for hydroxylation is 1. The molecule has 0 spiro atoms. The van der Waals surface area contributed by atoms with Crippen molar-refractivity contribution in [1.29, 1.82) is 0 Å². The van der Waals surface area contributed by atoms with Gasteiger partial charge in [-0.15, -0.1) is 0 Å². The van der Waals surface area contributed by atoms with Crippen LogP contribution in [-0.2, 0) is 10.0 Å². The highest BCUT2D eigenvalue weighted by molar-refractivity contribution is 7.93. The summed E-state index contributed by atoms with van der Waals surface area (Å²) in [6.07, 6.45) is 0. The van der Waals surface area contributed by atoms with Crippen LogP contribution in [0.15, 0.2) is 59.5 Å². The van der Waals surface area contributed by atoms with Gasteiger partial charge < -0.3 is 19.9 Å². The van der Waals surface area contributed by atoms with E-state index in [1.165, 1.54) is 59.9 Å². The van der Waals surface area contributed by atoms with E-state index < -0.39 is 21.9 Å². The number of hydrogen-bond acceptors (Lipinski definition) is 6. The molecule has 182 valence electrons. The van der Waals surface area contributed by atoms with Crippen LogP contribution in [0.4, 0.5) is 11.4 Å². The van der Waals surface area contributed by atoms with Crippen LogP contribution in [0.3, 0.4) is 0 Å². The van der Waals surface area contributed by atoms with Gasteiger partial charge in [0.1, 0.15) is 17.3 Å². The van der Waals surface area contributed by atoms with Crippen LogP contribution in [-0.4, -0.2) is 45.7 Å². The second-order valence-corrected chi connectivity index (χ2v) is 9.91. The van der Waals surface area contributed by atoms with Crippen molar-refractivity contribution in [3.8, 4) is 11.5 Å². The van der Waals surface area contributed by atoms with Gasteiger partial charge in [0.15, 0.2) is 5.75 Å². The van der Waals surface area contributed by atoms with Crippen LogP contribution in [0.2, 0.25) is 5.02 Å². The summed E-state index contributed by atoms with van der Waals surface area (Å²) in [6.45, 7) is 1.86. The first kappa shape index (κ1) is 24.4. The summed E-state index contributed by atoms with van der Waals surface area (Å²) in [5.74, 6) is -1.20. The number of hydrogen-bond donors (Lipinski definition) is 2. The van der Waals surface area contributed by atoms with Gasteiger partial charge in [-0.1, -0.05) is 17.7 Å². The van der Waals surface area contributed by atoms with Crippen LogP contribution >= 0.6 is 11.6 Å². The molecule has 1 amide bonds. The van der Waals surface area contributed by atoms with Gasteiger partial charge in [-0.05, 0) is 61.0 Å². The minimum absolute atomic E-state index is 0.0200. The third kappa shape index (κ3) is 4.62. The number of methoxy groups -OCH3 is 1. The number of benzene rings is 3. The van der Waals surface area contributed by atoms with Crippen LogP contribution < -0.4 is 19.1 Å². The molecule has 4 rings (SSSR count). The maximum absolute atomic E-state index is 13.6. The molecule has 3 aromatic carbocycles. The highest BCUT2D eigenvalue weighted by Crippen LogP contribution is 2.41. The number of rotatable bonds is 6. The Balaban J connectivity index is 1.72. The minimum atomic E-state index is -4.12. The van der Waals surface area contributed by atoms with Crippen LogP contribution in [0.25, 0.3) is 0 Å². The van der Waals surface area contributed by atoms with Gasteiger partial charge in [-0.2, -0.15) is 0 Å². The number of nitrogens with one attached hydrogen (secondary N) is 1. The zero-order valence-electron chi connectivity index (χ0n) is 18.7. The number of para-hydroxylation sites is 1. The lowest BCUT2D eigenvalue weighted by Gasteiger charge is -2.32. The molecule has 0 saturated heterocycles. The fourth-order valence-corrected chi connectivity index (χ4v) is 5.70. The van der Waals surface area contributed by atoms with Crippen molar-refractivity contribution < 1.29 is 32.6 Å². The first-order valence-electron chi connectivity index (χ1n) is 10.4. The Morgan fingerprint density at radius 2 is 1.83 bits per heavy atom. The predicted molar refractivity (Wildman–Crippen MR) is 131 cm³/mol. The number of carbonyl (C=O) groups excluding carboxylic acids is 1. The summed E-state index contributed by atoms with van der Waals surface area (Å²) in [4.78, 5) is 23.9. The van der Waals surface area contributed by atoms with Crippen molar-refractivity contribution in [1.82, 2.24) is 0 Å². The molecular formula is C24H21ClN2O7S. The Labute approximate surface area is 206 Å². The smallest absolute Gasteiger partial charge is 0.335 e. The van der Waals surface area contributed by atoms with E-state index in [2.05, 4.69) is 5.32 Å². The van der Waals surface area contributed by atoms with Gasteiger partial charge in [-0.25, -0.2) is 13.2 Å². The Kier molecular flexibility index (Phi) is 6.60. The number of carbonyl (C=O) groups is 2. The summed E-state index contributed by atoms with van der Waals surface area (Å²) in [7, 11) is -2.78. The molecule has 0 saturated carbocycles. The molecule has 1 aliphatic heterocycles. The number of carboxylic acid groups (broad SMARTS) is 1. The van der Waals surface area contributed by atoms with E-state index in [9.17, 15) is 18.0 Å². The van der Waals surface area contributed by atoms with E-state index in [1.54, 1.807) is 13.0 Å². The van der Waals surface area contributed by atoms with Crippen molar-refractivity contribution in [2.45, 2.75) is 11.8 Å². The topological polar surface area (TPSA) is 122 Å².